The van der Waals surface area contributed by atoms with Crippen molar-refractivity contribution in [2.45, 2.75) is 19.4 Å². The Bertz CT molecular complexity index is 1150. The topological polar surface area (TPSA) is 46.9 Å². The van der Waals surface area contributed by atoms with Gasteiger partial charge in [0.25, 0.3) is 0 Å². The molecule has 30 heavy (non-hydrogen) atoms. The van der Waals surface area contributed by atoms with E-state index in [-0.39, 0.29) is 5.91 Å². The Hall–Kier alpha value is -2.63. The number of carbonyl (C=O) groups is 1. The maximum absolute atomic E-state index is 12.3. The van der Waals surface area contributed by atoms with Crippen molar-refractivity contribution in [1.82, 2.24) is 14.9 Å². The van der Waals surface area contributed by atoms with Gasteiger partial charge in [-0.15, -0.1) is 0 Å². The average molecular weight is 483 g/mol. The van der Waals surface area contributed by atoms with Crippen molar-refractivity contribution >= 4 is 44.5 Å². The first-order valence-electron chi connectivity index (χ1n) is 9.78. The first kappa shape index (κ1) is 20.6. The van der Waals surface area contributed by atoms with Gasteiger partial charge in [0.05, 0.1) is 17.5 Å². The van der Waals surface area contributed by atoms with Crippen LogP contribution in [-0.2, 0) is 24.2 Å². The fourth-order valence-corrected chi connectivity index (χ4v) is 3.82. The number of para-hydroxylation sites is 2. The molecule has 0 radical (unpaired) electrons. The standard InChI is InChI=1S/C24H21BrClN3O/c25-19-9-5-18(6-10-19)16-29-22-4-2-1-3-21(22)28-23(29)13-14-27-24(30)15-17-7-11-20(26)12-8-17/h1-12H,13-16H2,(H,27,30). The SMILES string of the molecule is O=C(Cc1ccc(Cl)cc1)NCCc1nc2ccccc2n1Cc1ccc(Br)cc1. The number of carbonyl (C=O) groups excluding carboxylic acids is 1. The van der Waals surface area contributed by atoms with E-state index in [1.165, 1.54) is 5.56 Å². The van der Waals surface area contributed by atoms with Crippen LogP contribution in [0.15, 0.2) is 77.3 Å². The first-order chi connectivity index (χ1) is 14.6. The monoisotopic (exact) mass is 481 g/mol. The van der Waals surface area contributed by atoms with E-state index in [0.29, 0.717) is 24.4 Å². The molecule has 4 aromatic rings. The molecule has 0 saturated carbocycles. The number of hydrogen-bond donors (Lipinski definition) is 1. The summed E-state index contributed by atoms with van der Waals surface area (Å²) in [6, 6.07) is 23.8. The van der Waals surface area contributed by atoms with E-state index in [4.69, 9.17) is 16.6 Å². The lowest BCUT2D eigenvalue weighted by Gasteiger charge is -2.11. The second-order valence-electron chi connectivity index (χ2n) is 7.13. The van der Waals surface area contributed by atoms with Crippen LogP contribution in [0.5, 0.6) is 0 Å². The molecular weight excluding hydrogens is 462 g/mol. The number of fused-ring (bicyclic) bond motifs is 1. The molecule has 4 rings (SSSR count). The lowest BCUT2D eigenvalue weighted by atomic mass is 10.1. The number of imidazole rings is 1. The third kappa shape index (κ3) is 5.10. The summed E-state index contributed by atoms with van der Waals surface area (Å²) < 4.78 is 3.29. The van der Waals surface area contributed by atoms with E-state index in [0.717, 1.165) is 33.4 Å². The van der Waals surface area contributed by atoms with E-state index in [1.807, 2.05) is 42.5 Å². The van der Waals surface area contributed by atoms with E-state index in [9.17, 15) is 4.79 Å². The van der Waals surface area contributed by atoms with E-state index < -0.39 is 0 Å². The summed E-state index contributed by atoms with van der Waals surface area (Å²) in [5.41, 5.74) is 4.22. The molecule has 1 amide bonds. The summed E-state index contributed by atoms with van der Waals surface area (Å²) in [5.74, 6) is 0.957. The molecular formula is C24H21BrClN3O. The number of hydrogen-bond acceptors (Lipinski definition) is 2. The van der Waals surface area contributed by atoms with Gasteiger partial charge in [0.1, 0.15) is 5.82 Å². The van der Waals surface area contributed by atoms with Crippen LogP contribution in [0, 0.1) is 0 Å². The second-order valence-corrected chi connectivity index (χ2v) is 8.48. The van der Waals surface area contributed by atoms with Gasteiger partial charge in [0.15, 0.2) is 0 Å². The normalized spacial score (nSPS) is 11.0. The van der Waals surface area contributed by atoms with Crippen LogP contribution in [0.1, 0.15) is 17.0 Å². The van der Waals surface area contributed by atoms with Crippen LogP contribution in [0.4, 0.5) is 0 Å². The summed E-state index contributed by atoms with van der Waals surface area (Å²) in [6.07, 6.45) is 1.00. The Balaban J connectivity index is 1.44. The van der Waals surface area contributed by atoms with Crippen molar-refractivity contribution < 1.29 is 4.79 Å². The van der Waals surface area contributed by atoms with E-state index in [1.54, 1.807) is 12.1 Å². The van der Waals surface area contributed by atoms with Gasteiger partial charge in [-0.25, -0.2) is 4.98 Å². The van der Waals surface area contributed by atoms with Gasteiger partial charge in [0, 0.05) is 29.0 Å². The van der Waals surface area contributed by atoms with Crippen LogP contribution >= 0.6 is 27.5 Å². The van der Waals surface area contributed by atoms with E-state index >= 15 is 0 Å². The molecule has 0 aliphatic rings. The minimum Gasteiger partial charge on any atom is -0.355 e. The van der Waals surface area contributed by atoms with Gasteiger partial charge in [0.2, 0.25) is 5.91 Å². The highest BCUT2D eigenvalue weighted by Gasteiger charge is 2.12. The smallest absolute Gasteiger partial charge is 0.224 e. The molecule has 0 bridgehead atoms. The third-order valence-corrected chi connectivity index (χ3v) is 5.72. The summed E-state index contributed by atoms with van der Waals surface area (Å²) in [4.78, 5) is 17.1. The predicted octanol–water partition coefficient (Wildman–Crippen LogP) is 5.40. The first-order valence-corrected chi connectivity index (χ1v) is 11.0. The quantitative estimate of drug-likeness (QED) is 0.383. The largest absolute Gasteiger partial charge is 0.355 e. The van der Waals surface area contributed by atoms with Crippen molar-refractivity contribution in [3.63, 3.8) is 0 Å². The molecule has 0 unspecified atom stereocenters. The molecule has 0 saturated heterocycles. The van der Waals surface area contributed by atoms with Crippen LogP contribution in [-0.4, -0.2) is 22.0 Å². The minimum absolute atomic E-state index is 0.00658. The van der Waals surface area contributed by atoms with Crippen LogP contribution in [0.25, 0.3) is 11.0 Å². The zero-order chi connectivity index (χ0) is 20.9. The Morgan fingerprint density at radius 3 is 2.43 bits per heavy atom. The summed E-state index contributed by atoms with van der Waals surface area (Å²) in [7, 11) is 0. The highest BCUT2D eigenvalue weighted by Crippen LogP contribution is 2.19. The van der Waals surface area contributed by atoms with Crippen molar-refractivity contribution in [3.05, 3.63) is 99.2 Å². The number of benzene rings is 3. The van der Waals surface area contributed by atoms with Gasteiger partial charge in [-0.1, -0.05) is 63.9 Å². The number of aromatic nitrogens is 2. The Morgan fingerprint density at radius 1 is 0.967 bits per heavy atom. The third-order valence-electron chi connectivity index (χ3n) is 4.94. The lowest BCUT2D eigenvalue weighted by Crippen LogP contribution is -2.28. The fourth-order valence-electron chi connectivity index (χ4n) is 3.43. The maximum atomic E-state index is 12.3. The molecule has 1 aromatic heterocycles. The Kier molecular flexibility index (Phi) is 6.50. The summed E-state index contributed by atoms with van der Waals surface area (Å²) in [6.45, 7) is 1.28. The lowest BCUT2D eigenvalue weighted by molar-refractivity contribution is -0.120. The molecule has 0 aliphatic carbocycles. The molecule has 1 N–H and O–H groups in total. The Labute approximate surface area is 189 Å². The van der Waals surface area contributed by atoms with E-state index in [2.05, 4.69) is 44.0 Å². The van der Waals surface area contributed by atoms with Crippen molar-refractivity contribution in [3.8, 4) is 0 Å². The van der Waals surface area contributed by atoms with Gasteiger partial charge in [-0.2, -0.15) is 0 Å². The molecule has 3 aromatic carbocycles. The van der Waals surface area contributed by atoms with Gasteiger partial charge in [-0.05, 0) is 47.5 Å². The highest BCUT2D eigenvalue weighted by atomic mass is 79.9. The van der Waals surface area contributed by atoms with Crippen LogP contribution in [0.2, 0.25) is 5.02 Å². The van der Waals surface area contributed by atoms with Gasteiger partial charge in [-0.3, -0.25) is 4.79 Å². The molecule has 0 atom stereocenters. The zero-order valence-electron chi connectivity index (χ0n) is 16.3. The minimum atomic E-state index is -0.00658. The van der Waals surface area contributed by atoms with Gasteiger partial charge >= 0.3 is 0 Å². The average Bonchev–Trinajstić information content (AvgIpc) is 3.09. The molecule has 152 valence electrons. The van der Waals surface area contributed by atoms with Crippen molar-refractivity contribution in [1.29, 1.82) is 0 Å². The van der Waals surface area contributed by atoms with Crippen molar-refractivity contribution in [2.75, 3.05) is 6.54 Å². The number of halogens is 2. The maximum Gasteiger partial charge on any atom is 0.224 e. The van der Waals surface area contributed by atoms with Crippen LogP contribution in [0.3, 0.4) is 0 Å². The van der Waals surface area contributed by atoms with Crippen LogP contribution < -0.4 is 5.32 Å². The molecule has 6 heteroatoms. The molecule has 0 fully saturated rings. The molecule has 0 aliphatic heterocycles. The number of nitrogens with one attached hydrogen (secondary N) is 1. The summed E-state index contributed by atoms with van der Waals surface area (Å²) in [5, 5.41) is 3.68. The molecule has 1 heterocycles. The number of amides is 1. The zero-order valence-corrected chi connectivity index (χ0v) is 18.7. The second kappa shape index (κ2) is 9.45. The fraction of sp³-hybridized carbons (Fsp3) is 0.167. The number of nitrogens with zero attached hydrogens (tertiary/aromatic N) is 2. The summed E-state index contributed by atoms with van der Waals surface area (Å²) >= 11 is 9.39. The van der Waals surface area contributed by atoms with Crippen molar-refractivity contribution in [2.24, 2.45) is 0 Å². The predicted molar refractivity (Wildman–Crippen MR) is 125 cm³/mol. The number of rotatable bonds is 7. The Morgan fingerprint density at radius 2 is 1.67 bits per heavy atom. The molecule has 0 spiro atoms. The highest BCUT2D eigenvalue weighted by molar-refractivity contribution is 9.10. The van der Waals surface area contributed by atoms with Gasteiger partial charge < -0.3 is 9.88 Å². The molecule has 4 nitrogen and oxygen atoms in total.